The van der Waals surface area contributed by atoms with Gasteiger partial charge in [-0.2, -0.15) is 0 Å². The second-order valence-corrected chi connectivity index (χ2v) is 8.28. The molecule has 0 saturated heterocycles. The third-order valence-corrected chi connectivity index (χ3v) is 6.30. The molecule has 3 rings (SSSR count). The van der Waals surface area contributed by atoms with Crippen LogP contribution in [0.3, 0.4) is 0 Å². The zero-order chi connectivity index (χ0) is 21.2. The largest absolute Gasteiger partial charge is 0.494 e. The van der Waals surface area contributed by atoms with E-state index >= 15 is 0 Å². The fourth-order valence-electron chi connectivity index (χ4n) is 3.02. The summed E-state index contributed by atoms with van der Waals surface area (Å²) in [6, 6.07) is 7.97. The molecule has 1 aliphatic heterocycles. The maximum absolute atomic E-state index is 13.8. The van der Waals surface area contributed by atoms with Crippen molar-refractivity contribution in [2.45, 2.75) is 23.8 Å². The predicted molar refractivity (Wildman–Crippen MR) is 104 cm³/mol. The molecule has 0 bridgehead atoms. The van der Waals surface area contributed by atoms with Crippen molar-refractivity contribution in [2.75, 3.05) is 30.8 Å². The molecule has 10 heteroatoms. The second kappa shape index (κ2) is 8.16. The summed E-state index contributed by atoms with van der Waals surface area (Å²) in [5, 5.41) is 0. The Morgan fingerprint density at radius 2 is 2.03 bits per heavy atom. The number of benzene rings is 2. The van der Waals surface area contributed by atoms with Gasteiger partial charge in [0.1, 0.15) is 11.9 Å². The van der Waals surface area contributed by atoms with Crippen molar-refractivity contribution >= 4 is 27.4 Å². The monoisotopic (exact) mass is 424 g/mol. The summed E-state index contributed by atoms with van der Waals surface area (Å²) in [5.74, 6) is -0.962. The molecule has 0 fully saturated rings. The number of anilines is 2. The van der Waals surface area contributed by atoms with Gasteiger partial charge in [-0.3, -0.25) is 9.10 Å². The lowest BCUT2D eigenvalue weighted by atomic mass is 10.1. The molecular weight excluding hydrogens is 403 g/mol. The van der Waals surface area contributed by atoms with Gasteiger partial charge in [-0.15, -0.1) is 0 Å². The van der Waals surface area contributed by atoms with Gasteiger partial charge in [-0.05, 0) is 36.8 Å². The van der Waals surface area contributed by atoms with E-state index in [1.54, 1.807) is 12.1 Å². The number of hydrogen-bond acceptors (Lipinski definition) is 7. The van der Waals surface area contributed by atoms with Crippen molar-refractivity contribution in [3.63, 3.8) is 0 Å². The first kappa shape index (κ1) is 20.7. The van der Waals surface area contributed by atoms with E-state index in [9.17, 15) is 17.6 Å². The SMILES string of the molecule is COC(=O)CCC1CN(S(=O)(=O)c2ccc(F)c(OC)c2)c2cc(N)ccc2O1. The van der Waals surface area contributed by atoms with Crippen LogP contribution in [-0.2, 0) is 19.6 Å². The maximum Gasteiger partial charge on any atom is 0.305 e. The first-order valence-corrected chi connectivity index (χ1v) is 10.2. The van der Waals surface area contributed by atoms with Crippen LogP contribution < -0.4 is 19.5 Å². The molecule has 0 spiro atoms. The summed E-state index contributed by atoms with van der Waals surface area (Å²) in [5.41, 5.74) is 6.46. The average molecular weight is 424 g/mol. The van der Waals surface area contributed by atoms with Gasteiger partial charge in [0.05, 0.1) is 31.3 Å². The molecule has 2 N–H and O–H groups in total. The van der Waals surface area contributed by atoms with Crippen LogP contribution in [0.25, 0.3) is 0 Å². The Kier molecular flexibility index (Phi) is 5.83. The Bertz CT molecular complexity index is 1030. The number of nitrogen functional groups attached to an aromatic ring is 1. The highest BCUT2D eigenvalue weighted by atomic mass is 32.2. The molecule has 1 atom stereocenters. The minimum Gasteiger partial charge on any atom is -0.494 e. The van der Waals surface area contributed by atoms with Crippen LogP contribution in [0.1, 0.15) is 12.8 Å². The van der Waals surface area contributed by atoms with Crippen molar-refractivity contribution in [2.24, 2.45) is 0 Å². The molecule has 0 radical (unpaired) electrons. The number of methoxy groups -OCH3 is 2. The van der Waals surface area contributed by atoms with E-state index in [0.717, 1.165) is 22.5 Å². The van der Waals surface area contributed by atoms with Gasteiger partial charge < -0.3 is 19.9 Å². The van der Waals surface area contributed by atoms with Gasteiger partial charge in [0.25, 0.3) is 10.0 Å². The molecule has 2 aromatic carbocycles. The molecule has 29 heavy (non-hydrogen) atoms. The maximum atomic E-state index is 13.8. The van der Waals surface area contributed by atoms with Gasteiger partial charge in [0.2, 0.25) is 0 Å². The van der Waals surface area contributed by atoms with Crippen LogP contribution in [0, 0.1) is 5.82 Å². The molecule has 0 amide bonds. The van der Waals surface area contributed by atoms with Crippen LogP contribution in [0.4, 0.5) is 15.8 Å². The Balaban J connectivity index is 2.01. The van der Waals surface area contributed by atoms with E-state index < -0.39 is 27.9 Å². The number of ether oxygens (including phenoxy) is 3. The van der Waals surface area contributed by atoms with Gasteiger partial charge >= 0.3 is 5.97 Å². The number of carbonyl (C=O) groups is 1. The van der Waals surface area contributed by atoms with Crippen molar-refractivity contribution in [3.8, 4) is 11.5 Å². The number of fused-ring (bicyclic) bond motifs is 1. The topological polar surface area (TPSA) is 108 Å². The minimum atomic E-state index is -4.08. The van der Waals surface area contributed by atoms with E-state index in [2.05, 4.69) is 4.74 Å². The summed E-state index contributed by atoms with van der Waals surface area (Å²) < 4.78 is 57.0. The molecule has 156 valence electrons. The quantitative estimate of drug-likeness (QED) is 0.560. The van der Waals surface area contributed by atoms with Crippen LogP contribution in [-0.4, -0.2) is 41.3 Å². The average Bonchev–Trinajstić information content (AvgIpc) is 2.71. The van der Waals surface area contributed by atoms with Crippen molar-refractivity contribution in [3.05, 3.63) is 42.2 Å². The van der Waals surface area contributed by atoms with Crippen molar-refractivity contribution in [1.29, 1.82) is 0 Å². The molecule has 8 nitrogen and oxygen atoms in total. The molecule has 0 aliphatic carbocycles. The summed E-state index contributed by atoms with van der Waals surface area (Å²) in [4.78, 5) is 11.3. The lowest BCUT2D eigenvalue weighted by Gasteiger charge is -2.35. The van der Waals surface area contributed by atoms with E-state index in [-0.39, 0.29) is 35.7 Å². The van der Waals surface area contributed by atoms with Gasteiger partial charge in [-0.1, -0.05) is 0 Å². The summed E-state index contributed by atoms with van der Waals surface area (Å²) in [7, 11) is -1.55. The molecule has 1 aliphatic rings. The number of esters is 1. The fraction of sp³-hybridized carbons (Fsp3) is 0.316. The van der Waals surface area contributed by atoms with Gasteiger partial charge in [0.15, 0.2) is 11.6 Å². The standard InChI is InChI=1S/C19H21FN2O6S/c1-26-18-10-14(5-6-15(18)20)29(24,25)22-11-13(4-8-19(23)27-2)28-17-7-3-12(21)9-16(17)22/h3,5-7,9-10,13H,4,8,11,21H2,1-2H3. The van der Waals surface area contributed by atoms with Crippen LogP contribution >= 0.6 is 0 Å². The lowest BCUT2D eigenvalue weighted by Crippen LogP contribution is -2.43. The molecule has 0 saturated carbocycles. The van der Waals surface area contributed by atoms with Crippen molar-refractivity contribution in [1.82, 2.24) is 0 Å². The Labute approximate surface area is 168 Å². The van der Waals surface area contributed by atoms with E-state index in [0.29, 0.717) is 11.4 Å². The lowest BCUT2D eigenvalue weighted by molar-refractivity contribution is -0.141. The number of nitrogens with zero attached hydrogens (tertiary/aromatic N) is 1. The third kappa shape index (κ3) is 4.21. The number of halogens is 1. The molecular formula is C19H21FN2O6S. The van der Waals surface area contributed by atoms with Crippen LogP contribution in [0.15, 0.2) is 41.3 Å². The Hall–Kier alpha value is -3.01. The third-order valence-electron chi connectivity index (χ3n) is 4.52. The second-order valence-electron chi connectivity index (χ2n) is 6.41. The van der Waals surface area contributed by atoms with E-state index in [1.807, 2.05) is 0 Å². The number of carbonyl (C=O) groups excluding carboxylic acids is 1. The molecule has 0 aromatic heterocycles. The minimum absolute atomic E-state index is 0.0462. The molecule has 1 unspecified atom stereocenters. The number of nitrogens with two attached hydrogens (primary N) is 1. The zero-order valence-corrected chi connectivity index (χ0v) is 16.7. The normalized spacial score (nSPS) is 16.0. The number of sulfonamides is 1. The molecule has 2 aromatic rings. The number of hydrogen-bond donors (Lipinski definition) is 1. The first-order chi connectivity index (χ1) is 13.8. The highest BCUT2D eigenvalue weighted by molar-refractivity contribution is 7.92. The van der Waals surface area contributed by atoms with Crippen LogP contribution in [0.5, 0.6) is 11.5 Å². The summed E-state index contributed by atoms with van der Waals surface area (Å²) >= 11 is 0. The van der Waals surface area contributed by atoms with E-state index in [4.69, 9.17) is 15.2 Å². The van der Waals surface area contributed by atoms with E-state index in [1.165, 1.54) is 20.3 Å². The number of rotatable bonds is 6. The summed E-state index contributed by atoms with van der Waals surface area (Å²) in [6.07, 6.45) is -0.249. The smallest absolute Gasteiger partial charge is 0.305 e. The van der Waals surface area contributed by atoms with Crippen molar-refractivity contribution < 1.29 is 31.8 Å². The Morgan fingerprint density at radius 3 is 2.72 bits per heavy atom. The highest BCUT2D eigenvalue weighted by Gasteiger charge is 2.35. The van der Waals surface area contributed by atoms with Gasteiger partial charge in [0, 0.05) is 18.2 Å². The zero-order valence-electron chi connectivity index (χ0n) is 15.9. The summed E-state index contributed by atoms with van der Waals surface area (Å²) in [6.45, 7) is -0.0462. The highest BCUT2D eigenvalue weighted by Crippen LogP contribution is 2.39. The van der Waals surface area contributed by atoms with Gasteiger partial charge in [-0.25, -0.2) is 12.8 Å². The Morgan fingerprint density at radius 1 is 1.28 bits per heavy atom. The first-order valence-electron chi connectivity index (χ1n) is 8.75. The molecule has 1 heterocycles. The predicted octanol–water partition coefficient (Wildman–Crippen LogP) is 2.33. The van der Waals surface area contributed by atoms with Crippen LogP contribution in [0.2, 0.25) is 0 Å². The fourth-order valence-corrected chi connectivity index (χ4v) is 4.53.